The zero-order valence-corrected chi connectivity index (χ0v) is 12.6. The van der Waals surface area contributed by atoms with Crippen molar-refractivity contribution >= 4 is 6.09 Å². The lowest BCUT2D eigenvalue weighted by atomic mass is 9.92. The van der Waals surface area contributed by atoms with Crippen LogP contribution >= 0.6 is 0 Å². The number of amides is 1. The standard InChI is InChI=1S/C15H20F3NO4/c1-2-11(15(16,17)18)13(12(21)8-20)19-14(22)23-9-10-6-4-3-5-7-10/h3-7,11-13,20-21H,2,8-9H2,1H3,(H,19,22)/t11-,12-,13-/m0/s1. The topological polar surface area (TPSA) is 78.8 Å². The van der Waals surface area contributed by atoms with Crippen molar-refractivity contribution in [3.63, 3.8) is 0 Å². The van der Waals surface area contributed by atoms with Crippen LogP contribution in [0.5, 0.6) is 0 Å². The molecule has 0 aliphatic heterocycles. The molecule has 0 unspecified atom stereocenters. The molecule has 3 N–H and O–H groups in total. The number of aliphatic hydroxyl groups is 2. The van der Waals surface area contributed by atoms with Crippen LogP contribution in [0.15, 0.2) is 30.3 Å². The van der Waals surface area contributed by atoms with Gasteiger partial charge in [0.25, 0.3) is 0 Å². The van der Waals surface area contributed by atoms with E-state index in [0.717, 1.165) is 0 Å². The van der Waals surface area contributed by atoms with E-state index in [9.17, 15) is 23.1 Å². The van der Waals surface area contributed by atoms with Crippen molar-refractivity contribution < 1.29 is 32.9 Å². The first-order chi connectivity index (χ1) is 10.8. The molecule has 0 aliphatic carbocycles. The minimum atomic E-state index is -4.62. The summed E-state index contributed by atoms with van der Waals surface area (Å²) in [4.78, 5) is 11.7. The van der Waals surface area contributed by atoms with Crippen LogP contribution < -0.4 is 5.32 Å². The molecule has 1 aromatic carbocycles. The molecule has 23 heavy (non-hydrogen) atoms. The van der Waals surface area contributed by atoms with Crippen molar-refractivity contribution in [2.24, 2.45) is 5.92 Å². The van der Waals surface area contributed by atoms with Crippen LogP contribution in [-0.2, 0) is 11.3 Å². The summed E-state index contributed by atoms with van der Waals surface area (Å²) in [6.45, 7) is 0.264. The molecule has 0 bridgehead atoms. The Labute approximate surface area is 132 Å². The van der Waals surface area contributed by atoms with Crippen molar-refractivity contribution in [1.82, 2.24) is 5.32 Å². The molecule has 0 saturated carbocycles. The first kappa shape index (κ1) is 19.2. The van der Waals surface area contributed by atoms with Crippen LogP contribution in [0.2, 0.25) is 0 Å². The van der Waals surface area contributed by atoms with Crippen LogP contribution in [0, 0.1) is 5.92 Å². The predicted octanol–water partition coefficient (Wildman–Crippen LogP) is 2.22. The van der Waals surface area contributed by atoms with Gasteiger partial charge in [-0.3, -0.25) is 0 Å². The zero-order valence-electron chi connectivity index (χ0n) is 12.6. The second-order valence-electron chi connectivity index (χ2n) is 5.04. The maximum absolute atomic E-state index is 13.0. The molecule has 5 nitrogen and oxygen atoms in total. The normalized spacial score (nSPS) is 15.6. The van der Waals surface area contributed by atoms with Crippen LogP contribution in [0.1, 0.15) is 18.9 Å². The van der Waals surface area contributed by atoms with Crippen LogP contribution in [-0.4, -0.2) is 41.2 Å². The van der Waals surface area contributed by atoms with Crippen LogP contribution in [0.3, 0.4) is 0 Å². The molecule has 0 aromatic heterocycles. The number of ether oxygens (including phenoxy) is 1. The Morgan fingerprint density at radius 2 is 1.91 bits per heavy atom. The van der Waals surface area contributed by atoms with Gasteiger partial charge in [-0.05, 0) is 12.0 Å². The summed E-state index contributed by atoms with van der Waals surface area (Å²) < 4.78 is 43.8. The Bertz CT molecular complexity index is 481. The number of alkyl carbamates (subject to hydrolysis) is 1. The third-order valence-electron chi connectivity index (χ3n) is 3.39. The highest BCUT2D eigenvalue weighted by Gasteiger charge is 2.46. The molecule has 0 saturated heterocycles. The lowest BCUT2D eigenvalue weighted by Crippen LogP contribution is -2.53. The maximum Gasteiger partial charge on any atom is 0.407 e. The van der Waals surface area contributed by atoms with Gasteiger partial charge in [-0.25, -0.2) is 4.79 Å². The van der Waals surface area contributed by atoms with Crippen LogP contribution in [0.4, 0.5) is 18.0 Å². The Hall–Kier alpha value is -1.80. The molecule has 130 valence electrons. The van der Waals surface area contributed by atoms with E-state index in [-0.39, 0.29) is 13.0 Å². The number of nitrogens with one attached hydrogen (secondary N) is 1. The highest BCUT2D eigenvalue weighted by molar-refractivity contribution is 5.67. The van der Waals surface area contributed by atoms with E-state index in [1.807, 2.05) is 5.32 Å². The van der Waals surface area contributed by atoms with Gasteiger partial charge < -0.3 is 20.3 Å². The fraction of sp³-hybridized carbons (Fsp3) is 0.533. The van der Waals surface area contributed by atoms with Crippen LogP contribution in [0.25, 0.3) is 0 Å². The summed E-state index contributed by atoms with van der Waals surface area (Å²) in [5, 5.41) is 20.5. The number of alkyl halides is 3. The molecular weight excluding hydrogens is 315 g/mol. The number of aliphatic hydroxyl groups excluding tert-OH is 2. The van der Waals surface area contributed by atoms with Gasteiger partial charge in [0.1, 0.15) is 6.61 Å². The van der Waals surface area contributed by atoms with Crippen molar-refractivity contribution in [2.45, 2.75) is 38.3 Å². The molecule has 3 atom stereocenters. The molecule has 1 aromatic rings. The van der Waals surface area contributed by atoms with Gasteiger partial charge in [-0.1, -0.05) is 37.3 Å². The fourth-order valence-electron chi connectivity index (χ4n) is 2.17. The van der Waals surface area contributed by atoms with E-state index in [4.69, 9.17) is 9.84 Å². The Balaban J connectivity index is 2.71. The largest absolute Gasteiger partial charge is 0.445 e. The SMILES string of the molecule is CC[C@@H]([C@H](NC(=O)OCc1ccccc1)[C@@H](O)CO)C(F)(F)F. The summed E-state index contributed by atoms with van der Waals surface area (Å²) in [5.41, 5.74) is 0.671. The third-order valence-corrected chi connectivity index (χ3v) is 3.39. The first-order valence-corrected chi connectivity index (χ1v) is 7.12. The lowest BCUT2D eigenvalue weighted by Gasteiger charge is -2.31. The number of carbonyl (C=O) groups excluding carboxylic acids is 1. The number of rotatable bonds is 7. The van der Waals surface area contributed by atoms with E-state index in [2.05, 4.69) is 0 Å². The van der Waals surface area contributed by atoms with Crippen molar-refractivity contribution in [3.8, 4) is 0 Å². The van der Waals surface area contributed by atoms with E-state index >= 15 is 0 Å². The van der Waals surface area contributed by atoms with Gasteiger partial charge >= 0.3 is 12.3 Å². The maximum atomic E-state index is 13.0. The van der Waals surface area contributed by atoms with Crippen molar-refractivity contribution in [3.05, 3.63) is 35.9 Å². The molecule has 1 rings (SSSR count). The summed E-state index contributed by atoms with van der Waals surface area (Å²) in [5.74, 6) is -1.99. The average molecular weight is 335 g/mol. The van der Waals surface area contributed by atoms with Crippen molar-refractivity contribution in [1.29, 1.82) is 0 Å². The van der Waals surface area contributed by atoms with E-state index < -0.39 is 36.9 Å². The number of benzene rings is 1. The van der Waals surface area contributed by atoms with E-state index in [1.54, 1.807) is 30.3 Å². The fourth-order valence-corrected chi connectivity index (χ4v) is 2.17. The Morgan fingerprint density at radius 1 is 1.30 bits per heavy atom. The highest BCUT2D eigenvalue weighted by Crippen LogP contribution is 2.32. The monoisotopic (exact) mass is 335 g/mol. The molecule has 0 aliphatic rings. The molecule has 8 heteroatoms. The second kappa shape index (κ2) is 8.73. The summed E-state index contributed by atoms with van der Waals surface area (Å²) in [6.07, 6.45) is -7.81. The molecular formula is C15H20F3NO4. The number of halogens is 3. The van der Waals surface area contributed by atoms with Crippen molar-refractivity contribution in [2.75, 3.05) is 6.61 Å². The second-order valence-corrected chi connectivity index (χ2v) is 5.04. The molecule has 0 fully saturated rings. The van der Waals surface area contributed by atoms with Gasteiger partial charge in [0.15, 0.2) is 0 Å². The van der Waals surface area contributed by atoms with Gasteiger partial charge in [0, 0.05) is 0 Å². The lowest BCUT2D eigenvalue weighted by molar-refractivity contribution is -0.191. The summed E-state index contributed by atoms with van der Waals surface area (Å²) in [7, 11) is 0. The van der Waals surface area contributed by atoms with E-state index in [0.29, 0.717) is 5.56 Å². The number of hydrogen-bond acceptors (Lipinski definition) is 4. The number of carbonyl (C=O) groups is 1. The molecule has 0 spiro atoms. The summed E-state index contributed by atoms with van der Waals surface area (Å²) in [6, 6.07) is 6.92. The molecule has 0 radical (unpaired) electrons. The van der Waals surface area contributed by atoms with Gasteiger partial charge in [0.2, 0.25) is 0 Å². The number of hydrogen-bond donors (Lipinski definition) is 3. The molecule has 0 heterocycles. The zero-order chi connectivity index (χ0) is 17.5. The van der Waals surface area contributed by atoms with E-state index in [1.165, 1.54) is 6.92 Å². The predicted molar refractivity (Wildman–Crippen MR) is 76.5 cm³/mol. The highest BCUT2D eigenvalue weighted by atomic mass is 19.4. The first-order valence-electron chi connectivity index (χ1n) is 7.12. The average Bonchev–Trinajstić information content (AvgIpc) is 2.51. The smallest absolute Gasteiger partial charge is 0.407 e. The molecule has 1 amide bonds. The minimum absolute atomic E-state index is 0.114. The third kappa shape index (κ3) is 6.07. The Kier molecular flexibility index (Phi) is 7.31. The van der Waals surface area contributed by atoms with Gasteiger partial charge in [-0.15, -0.1) is 0 Å². The summed E-state index contributed by atoms with van der Waals surface area (Å²) >= 11 is 0. The Morgan fingerprint density at radius 3 is 2.39 bits per heavy atom. The van der Waals surface area contributed by atoms with Gasteiger partial charge in [-0.2, -0.15) is 13.2 Å². The minimum Gasteiger partial charge on any atom is -0.445 e. The van der Waals surface area contributed by atoms with Gasteiger partial charge in [0.05, 0.1) is 24.7 Å². The quantitative estimate of drug-likeness (QED) is 0.714.